The average Bonchev–Trinajstić information content (AvgIpc) is 2.13. The summed E-state index contributed by atoms with van der Waals surface area (Å²) in [5.41, 5.74) is 0. The second kappa shape index (κ2) is 2.45. The number of alkyl halides is 1. The largest absolute Gasteiger partial charge is 0.346 e. The maximum absolute atomic E-state index is 5.56. The topological polar surface area (TPSA) is 18.5 Å². The summed E-state index contributed by atoms with van der Waals surface area (Å²) in [4.78, 5) is 0. The molecular formula is C6H11ClO2. The molecule has 2 nitrogen and oxygen atoms in total. The minimum Gasteiger partial charge on any atom is -0.346 e. The van der Waals surface area contributed by atoms with Crippen molar-refractivity contribution in [3.63, 3.8) is 0 Å². The van der Waals surface area contributed by atoms with Crippen molar-refractivity contribution >= 4 is 11.6 Å². The lowest BCUT2D eigenvalue weighted by Crippen LogP contribution is -2.28. The Morgan fingerprint density at radius 1 is 1.78 bits per heavy atom. The first kappa shape index (κ1) is 7.32. The van der Waals surface area contributed by atoms with Gasteiger partial charge in [-0.3, -0.25) is 0 Å². The monoisotopic (exact) mass is 150 g/mol. The van der Waals surface area contributed by atoms with Gasteiger partial charge in [0, 0.05) is 0 Å². The number of halogens is 1. The molecule has 0 aromatic rings. The first-order valence-electron chi connectivity index (χ1n) is 3.04. The average molecular weight is 151 g/mol. The van der Waals surface area contributed by atoms with Crippen LogP contribution in [0.3, 0.4) is 0 Å². The summed E-state index contributed by atoms with van der Waals surface area (Å²) in [6.07, 6.45) is 0.189. The quantitative estimate of drug-likeness (QED) is 0.526. The van der Waals surface area contributed by atoms with Crippen molar-refractivity contribution in [2.75, 3.05) is 12.5 Å². The van der Waals surface area contributed by atoms with Crippen molar-refractivity contribution in [3.8, 4) is 0 Å². The molecule has 0 spiro atoms. The Labute approximate surface area is 60.1 Å². The zero-order chi connectivity index (χ0) is 6.91. The Kier molecular flexibility index (Phi) is 1.99. The molecule has 0 aromatic heterocycles. The third-order valence-electron chi connectivity index (χ3n) is 1.32. The van der Waals surface area contributed by atoms with Crippen LogP contribution in [0.5, 0.6) is 0 Å². The highest BCUT2D eigenvalue weighted by Crippen LogP contribution is 2.23. The van der Waals surface area contributed by atoms with E-state index in [2.05, 4.69) is 0 Å². The third-order valence-corrected chi connectivity index (χ3v) is 1.80. The van der Waals surface area contributed by atoms with Crippen molar-refractivity contribution in [1.82, 2.24) is 0 Å². The summed E-state index contributed by atoms with van der Waals surface area (Å²) in [6.45, 7) is 4.48. The standard InChI is InChI=1S/C6H11ClO2/c1-5-3-8-6(2,4-7)9-5/h5H,3-4H2,1-2H3/t5-,6+/m1/s1. The van der Waals surface area contributed by atoms with Gasteiger partial charge >= 0.3 is 0 Å². The van der Waals surface area contributed by atoms with Crippen molar-refractivity contribution < 1.29 is 9.47 Å². The van der Waals surface area contributed by atoms with Gasteiger partial charge in [-0.2, -0.15) is 0 Å². The van der Waals surface area contributed by atoms with Crippen LogP contribution in [-0.4, -0.2) is 24.4 Å². The van der Waals surface area contributed by atoms with Gasteiger partial charge in [0.1, 0.15) is 0 Å². The van der Waals surface area contributed by atoms with E-state index in [0.717, 1.165) is 0 Å². The highest BCUT2D eigenvalue weighted by Gasteiger charge is 2.33. The zero-order valence-electron chi connectivity index (χ0n) is 5.69. The fourth-order valence-electron chi connectivity index (χ4n) is 0.857. The fourth-order valence-corrected chi connectivity index (χ4v) is 0.997. The van der Waals surface area contributed by atoms with E-state index in [4.69, 9.17) is 21.1 Å². The molecule has 1 fully saturated rings. The molecule has 1 rings (SSSR count). The lowest BCUT2D eigenvalue weighted by atomic mass is 10.4. The summed E-state index contributed by atoms with van der Waals surface area (Å²) in [7, 11) is 0. The smallest absolute Gasteiger partial charge is 0.179 e. The van der Waals surface area contributed by atoms with Gasteiger partial charge in [0.25, 0.3) is 0 Å². The molecule has 0 radical (unpaired) electrons. The highest BCUT2D eigenvalue weighted by atomic mass is 35.5. The van der Waals surface area contributed by atoms with Crippen LogP contribution < -0.4 is 0 Å². The van der Waals surface area contributed by atoms with E-state index in [1.54, 1.807) is 0 Å². The van der Waals surface area contributed by atoms with Gasteiger partial charge in [0.15, 0.2) is 5.79 Å². The Hall–Kier alpha value is 0.210. The van der Waals surface area contributed by atoms with Gasteiger partial charge < -0.3 is 9.47 Å². The Morgan fingerprint density at radius 2 is 2.44 bits per heavy atom. The summed E-state index contributed by atoms with van der Waals surface area (Å²) in [5.74, 6) is -0.127. The highest BCUT2D eigenvalue weighted by molar-refractivity contribution is 6.18. The molecule has 0 unspecified atom stereocenters. The molecule has 2 atom stereocenters. The molecule has 0 aliphatic carbocycles. The molecule has 1 aliphatic rings. The molecule has 3 heteroatoms. The van der Waals surface area contributed by atoms with Crippen molar-refractivity contribution in [2.45, 2.75) is 25.7 Å². The van der Waals surface area contributed by atoms with Crippen LogP contribution in [0.4, 0.5) is 0 Å². The summed E-state index contributed by atoms with van der Waals surface area (Å²) >= 11 is 5.56. The Bertz CT molecular complexity index is 107. The normalized spacial score (nSPS) is 43.7. The molecular weight excluding hydrogens is 140 g/mol. The van der Waals surface area contributed by atoms with Gasteiger partial charge in [-0.05, 0) is 13.8 Å². The van der Waals surface area contributed by atoms with E-state index in [-0.39, 0.29) is 6.10 Å². The van der Waals surface area contributed by atoms with Crippen molar-refractivity contribution in [3.05, 3.63) is 0 Å². The van der Waals surface area contributed by atoms with Gasteiger partial charge in [0.2, 0.25) is 0 Å². The zero-order valence-corrected chi connectivity index (χ0v) is 6.44. The number of hydrogen-bond donors (Lipinski definition) is 0. The second-order valence-electron chi connectivity index (χ2n) is 2.51. The SMILES string of the molecule is C[C@@H]1CO[C@](C)(CCl)O1. The predicted molar refractivity (Wildman–Crippen MR) is 35.6 cm³/mol. The van der Waals surface area contributed by atoms with Crippen LogP contribution in [-0.2, 0) is 9.47 Å². The molecule has 1 aliphatic heterocycles. The van der Waals surface area contributed by atoms with Crippen LogP contribution in [0, 0.1) is 0 Å². The van der Waals surface area contributed by atoms with E-state index in [9.17, 15) is 0 Å². The first-order valence-corrected chi connectivity index (χ1v) is 3.57. The molecule has 54 valence electrons. The summed E-state index contributed by atoms with van der Waals surface area (Å²) < 4.78 is 10.6. The molecule has 0 aromatic carbocycles. The van der Waals surface area contributed by atoms with Crippen LogP contribution in [0.25, 0.3) is 0 Å². The summed E-state index contributed by atoms with van der Waals surface area (Å²) in [5, 5.41) is 0. The lowest BCUT2D eigenvalue weighted by molar-refractivity contribution is -0.133. The van der Waals surface area contributed by atoms with Crippen LogP contribution >= 0.6 is 11.6 Å². The third kappa shape index (κ3) is 1.57. The fraction of sp³-hybridized carbons (Fsp3) is 1.00. The van der Waals surface area contributed by atoms with E-state index >= 15 is 0 Å². The van der Waals surface area contributed by atoms with Gasteiger partial charge in [-0.25, -0.2) is 0 Å². The number of hydrogen-bond acceptors (Lipinski definition) is 2. The van der Waals surface area contributed by atoms with Gasteiger partial charge in [-0.1, -0.05) is 0 Å². The Morgan fingerprint density at radius 3 is 2.67 bits per heavy atom. The molecule has 0 N–H and O–H groups in total. The van der Waals surface area contributed by atoms with Crippen LogP contribution in [0.15, 0.2) is 0 Å². The van der Waals surface area contributed by atoms with Crippen molar-refractivity contribution in [2.24, 2.45) is 0 Å². The van der Waals surface area contributed by atoms with Gasteiger partial charge in [0.05, 0.1) is 18.6 Å². The molecule has 0 saturated carbocycles. The number of rotatable bonds is 1. The minimum atomic E-state index is -0.527. The first-order chi connectivity index (χ1) is 4.16. The molecule has 1 saturated heterocycles. The lowest BCUT2D eigenvalue weighted by Gasteiger charge is -2.18. The van der Waals surface area contributed by atoms with E-state index in [1.165, 1.54) is 0 Å². The molecule has 1 heterocycles. The predicted octanol–water partition coefficient (Wildman–Crippen LogP) is 1.38. The van der Waals surface area contributed by atoms with Crippen LogP contribution in [0.1, 0.15) is 13.8 Å². The maximum Gasteiger partial charge on any atom is 0.179 e. The number of ether oxygens (including phenoxy) is 2. The van der Waals surface area contributed by atoms with E-state index in [1.807, 2.05) is 13.8 Å². The Balaban J connectivity index is 2.45. The molecule has 9 heavy (non-hydrogen) atoms. The van der Waals surface area contributed by atoms with E-state index < -0.39 is 5.79 Å². The van der Waals surface area contributed by atoms with Crippen LogP contribution in [0.2, 0.25) is 0 Å². The molecule has 0 bridgehead atoms. The maximum atomic E-state index is 5.56. The van der Waals surface area contributed by atoms with Crippen molar-refractivity contribution in [1.29, 1.82) is 0 Å². The minimum absolute atomic E-state index is 0.189. The molecule has 0 amide bonds. The van der Waals surface area contributed by atoms with Gasteiger partial charge in [-0.15, -0.1) is 11.6 Å². The summed E-state index contributed by atoms with van der Waals surface area (Å²) in [6, 6.07) is 0. The van der Waals surface area contributed by atoms with E-state index in [0.29, 0.717) is 12.5 Å². The second-order valence-corrected chi connectivity index (χ2v) is 2.77.